The van der Waals surface area contributed by atoms with Crippen molar-refractivity contribution in [3.8, 4) is 0 Å². The van der Waals surface area contributed by atoms with E-state index >= 15 is 0 Å². The molecule has 1 saturated heterocycles. The van der Waals surface area contributed by atoms with E-state index in [9.17, 15) is 9.90 Å². The first-order chi connectivity index (χ1) is 6.14. The van der Waals surface area contributed by atoms with Gasteiger partial charge < -0.3 is 14.6 Å². The molecule has 0 aromatic carbocycles. The van der Waals surface area contributed by atoms with Crippen LogP contribution in [0.15, 0.2) is 0 Å². The maximum Gasteiger partial charge on any atom is 0.122 e. The number of ether oxygens (including phenoxy) is 1. The highest BCUT2D eigenvalue weighted by molar-refractivity contribution is 5.51. The lowest BCUT2D eigenvalue weighted by Gasteiger charge is -2.21. The molecule has 0 bridgehead atoms. The second kappa shape index (κ2) is 4.72. The third-order valence-electron chi connectivity index (χ3n) is 2.55. The minimum absolute atomic E-state index is 0.222. The average Bonchev–Trinajstić information content (AvgIpc) is 2.52. The zero-order valence-electron chi connectivity index (χ0n) is 8.16. The van der Waals surface area contributed by atoms with Crippen molar-refractivity contribution in [3.63, 3.8) is 0 Å². The van der Waals surface area contributed by atoms with Crippen molar-refractivity contribution in [1.82, 2.24) is 0 Å². The van der Waals surface area contributed by atoms with Crippen LogP contribution in [0.2, 0.25) is 0 Å². The molecule has 1 aliphatic heterocycles. The van der Waals surface area contributed by atoms with Crippen LogP contribution in [0.25, 0.3) is 0 Å². The van der Waals surface area contributed by atoms with Crippen LogP contribution in [-0.2, 0) is 9.53 Å². The quantitative estimate of drug-likeness (QED) is 0.658. The molecule has 76 valence electrons. The van der Waals surface area contributed by atoms with E-state index in [1.807, 2.05) is 0 Å². The molecule has 3 heteroatoms. The molecule has 1 rings (SSSR count). The highest BCUT2D eigenvalue weighted by atomic mass is 16.5. The van der Waals surface area contributed by atoms with Gasteiger partial charge in [-0.25, -0.2) is 0 Å². The van der Waals surface area contributed by atoms with Gasteiger partial charge in [-0.15, -0.1) is 0 Å². The third kappa shape index (κ3) is 3.87. The van der Waals surface area contributed by atoms with Gasteiger partial charge in [-0.2, -0.15) is 0 Å². The van der Waals surface area contributed by atoms with Gasteiger partial charge in [-0.1, -0.05) is 0 Å². The molecule has 3 nitrogen and oxygen atoms in total. The van der Waals surface area contributed by atoms with Gasteiger partial charge in [0.2, 0.25) is 0 Å². The van der Waals surface area contributed by atoms with E-state index in [2.05, 4.69) is 0 Å². The van der Waals surface area contributed by atoms with Crippen LogP contribution in [0.1, 0.15) is 39.0 Å². The van der Waals surface area contributed by atoms with E-state index in [0.717, 1.165) is 32.2 Å². The minimum Gasteiger partial charge on any atom is -0.390 e. The molecule has 0 aliphatic carbocycles. The van der Waals surface area contributed by atoms with Gasteiger partial charge in [0.25, 0.3) is 0 Å². The summed E-state index contributed by atoms with van der Waals surface area (Å²) in [6, 6.07) is 0. The summed E-state index contributed by atoms with van der Waals surface area (Å²) in [4.78, 5) is 10.2. The highest BCUT2D eigenvalue weighted by Crippen LogP contribution is 2.22. The number of aldehydes is 1. The van der Waals surface area contributed by atoms with Crippen LogP contribution >= 0.6 is 0 Å². The first-order valence-corrected chi connectivity index (χ1v) is 4.92. The molecule has 0 spiro atoms. The molecule has 0 radical (unpaired) electrons. The van der Waals surface area contributed by atoms with Crippen LogP contribution in [-0.4, -0.2) is 29.7 Å². The standard InChI is InChI=1S/C10H18O3/c1-10(12,6-7-11)5-4-9-3-2-8-13-9/h7,9,12H,2-6,8H2,1H3. The molecule has 1 aliphatic rings. The van der Waals surface area contributed by atoms with Gasteiger partial charge in [-0.3, -0.25) is 0 Å². The number of aliphatic hydroxyl groups is 1. The first kappa shape index (κ1) is 10.7. The highest BCUT2D eigenvalue weighted by Gasteiger charge is 2.23. The SMILES string of the molecule is CC(O)(CC=O)CCC1CCCO1. The maximum atomic E-state index is 10.2. The van der Waals surface area contributed by atoms with E-state index in [-0.39, 0.29) is 6.42 Å². The molecular formula is C10H18O3. The minimum atomic E-state index is -0.840. The van der Waals surface area contributed by atoms with E-state index in [0.29, 0.717) is 12.5 Å². The second-order valence-corrected chi connectivity index (χ2v) is 4.04. The fraction of sp³-hybridized carbons (Fsp3) is 0.900. The lowest BCUT2D eigenvalue weighted by atomic mass is 9.94. The third-order valence-corrected chi connectivity index (χ3v) is 2.55. The summed E-state index contributed by atoms with van der Waals surface area (Å²) in [6.07, 6.45) is 5.03. The van der Waals surface area contributed by atoms with Crippen molar-refractivity contribution in [1.29, 1.82) is 0 Å². The predicted molar refractivity (Wildman–Crippen MR) is 49.5 cm³/mol. The fourth-order valence-corrected chi connectivity index (χ4v) is 1.63. The number of carbonyl (C=O) groups excluding carboxylic acids is 1. The summed E-state index contributed by atoms with van der Waals surface area (Å²) in [7, 11) is 0. The van der Waals surface area contributed by atoms with Gasteiger partial charge >= 0.3 is 0 Å². The first-order valence-electron chi connectivity index (χ1n) is 4.92. The molecule has 1 N–H and O–H groups in total. The van der Waals surface area contributed by atoms with Gasteiger partial charge in [0.05, 0.1) is 11.7 Å². The number of hydrogen-bond donors (Lipinski definition) is 1. The van der Waals surface area contributed by atoms with Crippen molar-refractivity contribution >= 4 is 6.29 Å². The van der Waals surface area contributed by atoms with Crippen molar-refractivity contribution < 1.29 is 14.6 Å². The lowest BCUT2D eigenvalue weighted by Crippen LogP contribution is -2.26. The summed E-state index contributed by atoms with van der Waals surface area (Å²) >= 11 is 0. The molecule has 0 aromatic rings. The van der Waals surface area contributed by atoms with Crippen molar-refractivity contribution in [2.24, 2.45) is 0 Å². The Morgan fingerprint density at radius 3 is 3.00 bits per heavy atom. The monoisotopic (exact) mass is 186 g/mol. The molecule has 0 aromatic heterocycles. The Morgan fingerprint density at radius 1 is 1.69 bits per heavy atom. The van der Waals surface area contributed by atoms with Crippen molar-refractivity contribution in [2.75, 3.05) is 6.61 Å². The number of rotatable bonds is 5. The zero-order valence-corrected chi connectivity index (χ0v) is 8.16. The lowest BCUT2D eigenvalue weighted by molar-refractivity contribution is -0.112. The predicted octanol–water partition coefficient (Wildman–Crippen LogP) is 1.29. The smallest absolute Gasteiger partial charge is 0.122 e. The Morgan fingerprint density at radius 2 is 2.46 bits per heavy atom. The van der Waals surface area contributed by atoms with E-state index in [1.54, 1.807) is 6.92 Å². The molecule has 0 saturated carbocycles. The zero-order chi connectivity index (χ0) is 9.73. The van der Waals surface area contributed by atoms with E-state index in [4.69, 9.17) is 4.74 Å². The Bertz CT molecular complexity index is 160. The van der Waals surface area contributed by atoms with Crippen LogP contribution < -0.4 is 0 Å². The molecule has 2 unspecified atom stereocenters. The molecule has 1 fully saturated rings. The van der Waals surface area contributed by atoms with Crippen LogP contribution in [0.3, 0.4) is 0 Å². The summed E-state index contributed by atoms with van der Waals surface area (Å²) in [5.41, 5.74) is -0.840. The molecule has 0 amide bonds. The number of carbonyl (C=O) groups is 1. The van der Waals surface area contributed by atoms with Crippen LogP contribution in [0.4, 0.5) is 0 Å². The maximum absolute atomic E-state index is 10.2. The normalized spacial score (nSPS) is 27.1. The molecule has 1 heterocycles. The summed E-state index contributed by atoms with van der Waals surface area (Å²) in [5.74, 6) is 0. The fourth-order valence-electron chi connectivity index (χ4n) is 1.63. The van der Waals surface area contributed by atoms with E-state index in [1.165, 1.54) is 0 Å². The molecule has 2 atom stereocenters. The van der Waals surface area contributed by atoms with Crippen LogP contribution in [0, 0.1) is 0 Å². The van der Waals surface area contributed by atoms with Crippen molar-refractivity contribution in [2.45, 2.75) is 50.7 Å². The topological polar surface area (TPSA) is 46.5 Å². The number of hydrogen-bond acceptors (Lipinski definition) is 3. The Hall–Kier alpha value is -0.410. The largest absolute Gasteiger partial charge is 0.390 e. The summed E-state index contributed by atoms with van der Waals surface area (Å²) in [5, 5.41) is 9.69. The molecule has 13 heavy (non-hydrogen) atoms. The summed E-state index contributed by atoms with van der Waals surface area (Å²) in [6.45, 7) is 2.55. The Kier molecular flexibility index (Phi) is 3.88. The van der Waals surface area contributed by atoms with Gasteiger partial charge in [-0.05, 0) is 32.6 Å². The van der Waals surface area contributed by atoms with Gasteiger partial charge in [0.1, 0.15) is 6.29 Å². The van der Waals surface area contributed by atoms with E-state index < -0.39 is 5.60 Å². The van der Waals surface area contributed by atoms with Gasteiger partial charge in [0, 0.05) is 13.0 Å². The molecular weight excluding hydrogens is 168 g/mol. The van der Waals surface area contributed by atoms with Crippen molar-refractivity contribution in [3.05, 3.63) is 0 Å². The Labute approximate surface area is 79.1 Å². The average molecular weight is 186 g/mol. The Balaban J connectivity index is 2.19. The van der Waals surface area contributed by atoms with Crippen LogP contribution in [0.5, 0.6) is 0 Å². The second-order valence-electron chi connectivity index (χ2n) is 4.04. The summed E-state index contributed by atoms with van der Waals surface area (Å²) < 4.78 is 5.43. The van der Waals surface area contributed by atoms with Gasteiger partial charge in [0.15, 0.2) is 0 Å².